The number of halogens is 1. The Hall–Kier alpha value is -4.83. The summed E-state index contributed by atoms with van der Waals surface area (Å²) < 4.78 is 15.9. The van der Waals surface area contributed by atoms with Crippen molar-refractivity contribution in [1.82, 2.24) is 14.8 Å². The lowest BCUT2D eigenvalue weighted by Gasteiger charge is -2.36. The molecule has 4 heteroatoms. The molecule has 6 aromatic rings. The van der Waals surface area contributed by atoms with E-state index in [0.29, 0.717) is 5.69 Å². The minimum absolute atomic E-state index is 0.271. The highest BCUT2D eigenvalue weighted by Gasteiger charge is 2.40. The van der Waals surface area contributed by atoms with Gasteiger partial charge in [-0.05, 0) is 52.6 Å². The minimum Gasteiger partial charge on any atom is -0.252 e. The van der Waals surface area contributed by atoms with Gasteiger partial charge in [0.05, 0.1) is 5.52 Å². The van der Waals surface area contributed by atoms with Gasteiger partial charge >= 0.3 is 0 Å². The third kappa shape index (κ3) is 4.03. The minimum atomic E-state index is -0.754. The lowest BCUT2D eigenvalue weighted by Crippen LogP contribution is -2.38. The van der Waals surface area contributed by atoms with E-state index in [1.54, 1.807) is 12.3 Å². The highest BCUT2D eigenvalue weighted by atomic mass is 19.1. The van der Waals surface area contributed by atoms with Gasteiger partial charge in [0.1, 0.15) is 22.6 Å². The van der Waals surface area contributed by atoms with Crippen LogP contribution in [0.15, 0.2) is 134 Å². The Morgan fingerprint density at radius 2 is 1.22 bits per heavy atom. The number of pyridine rings is 1. The highest BCUT2D eigenvalue weighted by molar-refractivity contribution is 5.87. The summed E-state index contributed by atoms with van der Waals surface area (Å²) in [5.41, 5.74) is 5.66. The molecule has 0 radical (unpaired) electrons. The summed E-state index contributed by atoms with van der Waals surface area (Å²) >= 11 is 0. The normalized spacial score (nSPS) is 11.8. The van der Waals surface area contributed by atoms with Gasteiger partial charge in [-0.2, -0.15) is 5.10 Å². The summed E-state index contributed by atoms with van der Waals surface area (Å²) in [5.74, 6) is -0.271. The summed E-state index contributed by atoms with van der Waals surface area (Å²) in [4.78, 5) is 4.72. The molecule has 0 amide bonds. The molecule has 0 aliphatic heterocycles. The summed E-state index contributed by atoms with van der Waals surface area (Å²) in [6, 6.07) is 41.8. The molecule has 2 heterocycles. The first kappa shape index (κ1) is 22.6. The molecule has 0 aliphatic rings. The predicted molar refractivity (Wildman–Crippen MR) is 147 cm³/mol. The van der Waals surface area contributed by atoms with Gasteiger partial charge in [-0.25, -0.2) is 9.07 Å². The largest absolute Gasteiger partial charge is 0.252 e. The molecular formula is C33H24FN3. The van der Waals surface area contributed by atoms with Crippen molar-refractivity contribution in [1.29, 1.82) is 0 Å². The molecule has 6 rings (SSSR count). The third-order valence-corrected chi connectivity index (χ3v) is 6.64. The van der Waals surface area contributed by atoms with E-state index in [0.717, 1.165) is 33.3 Å². The molecule has 178 valence electrons. The Bertz CT molecular complexity index is 1580. The van der Waals surface area contributed by atoms with E-state index in [-0.39, 0.29) is 5.82 Å². The van der Waals surface area contributed by atoms with Gasteiger partial charge in [-0.3, -0.25) is 4.98 Å². The lowest BCUT2D eigenvalue weighted by atomic mass is 9.77. The molecule has 0 bridgehead atoms. The van der Waals surface area contributed by atoms with E-state index in [1.165, 1.54) is 12.1 Å². The number of benzene rings is 4. The Labute approximate surface area is 215 Å². The zero-order valence-corrected chi connectivity index (χ0v) is 20.1. The smallest absolute Gasteiger partial charge is 0.138 e. The molecule has 0 atom stereocenters. The lowest BCUT2D eigenvalue weighted by molar-refractivity contribution is 0.475. The number of hydrogen-bond donors (Lipinski definition) is 0. The maximum Gasteiger partial charge on any atom is 0.138 e. The van der Waals surface area contributed by atoms with Gasteiger partial charge in [0.25, 0.3) is 0 Å². The second-order valence-electron chi connectivity index (χ2n) is 8.87. The van der Waals surface area contributed by atoms with Gasteiger partial charge in [-0.15, -0.1) is 0 Å². The molecule has 0 spiro atoms. The number of hydrogen-bond acceptors (Lipinski definition) is 2. The van der Waals surface area contributed by atoms with E-state index in [9.17, 15) is 4.39 Å². The second-order valence-corrected chi connectivity index (χ2v) is 8.87. The number of nitrogens with zero attached hydrogens (tertiary/aromatic N) is 3. The van der Waals surface area contributed by atoms with Crippen molar-refractivity contribution in [2.24, 2.45) is 0 Å². The summed E-state index contributed by atoms with van der Waals surface area (Å²) in [6.07, 6.45) is 5.56. The van der Waals surface area contributed by atoms with Crippen LogP contribution in [0.3, 0.4) is 0 Å². The third-order valence-electron chi connectivity index (χ3n) is 6.64. The van der Waals surface area contributed by atoms with Crippen LogP contribution >= 0.6 is 0 Å². The average Bonchev–Trinajstić information content (AvgIpc) is 3.33. The maximum absolute atomic E-state index is 13.8. The molecular weight excluding hydrogens is 457 g/mol. The first-order valence-electron chi connectivity index (χ1n) is 12.2. The predicted octanol–water partition coefficient (Wildman–Crippen LogP) is 7.58. The second kappa shape index (κ2) is 9.67. The van der Waals surface area contributed by atoms with Crippen LogP contribution in [0.1, 0.15) is 27.9 Å². The molecule has 0 fully saturated rings. The summed E-state index contributed by atoms with van der Waals surface area (Å²) in [7, 11) is 0. The van der Waals surface area contributed by atoms with Crippen molar-refractivity contribution in [3.05, 3.63) is 167 Å². The summed E-state index contributed by atoms with van der Waals surface area (Å²) in [5, 5.41) is 5.20. The summed E-state index contributed by atoms with van der Waals surface area (Å²) in [6.45, 7) is 0. The fourth-order valence-electron chi connectivity index (χ4n) is 5.03. The first-order valence-corrected chi connectivity index (χ1v) is 12.2. The molecule has 4 aromatic carbocycles. The average molecular weight is 482 g/mol. The Balaban J connectivity index is 1.68. The quantitative estimate of drug-likeness (QED) is 0.230. The van der Waals surface area contributed by atoms with E-state index < -0.39 is 5.54 Å². The fraction of sp³-hybridized carbons (Fsp3) is 0.0303. The molecule has 0 aliphatic carbocycles. The Morgan fingerprint density at radius 1 is 0.622 bits per heavy atom. The number of fused-ring (bicyclic) bond motifs is 1. The molecule has 3 nitrogen and oxygen atoms in total. The molecule has 37 heavy (non-hydrogen) atoms. The monoisotopic (exact) mass is 481 g/mol. The van der Waals surface area contributed by atoms with Crippen molar-refractivity contribution < 1.29 is 4.39 Å². The molecule has 0 saturated carbocycles. The van der Waals surface area contributed by atoms with Crippen LogP contribution < -0.4 is 0 Å². The first-order chi connectivity index (χ1) is 18.3. The highest BCUT2D eigenvalue weighted by Crippen LogP contribution is 2.42. The van der Waals surface area contributed by atoms with Crippen molar-refractivity contribution in [3.8, 4) is 0 Å². The van der Waals surface area contributed by atoms with Crippen LogP contribution in [0.5, 0.6) is 0 Å². The van der Waals surface area contributed by atoms with Crippen LogP contribution in [0, 0.1) is 5.82 Å². The van der Waals surface area contributed by atoms with E-state index in [4.69, 9.17) is 10.1 Å². The van der Waals surface area contributed by atoms with Crippen molar-refractivity contribution in [2.75, 3.05) is 0 Å². The SMILES string of the molecule is Fc1cccc(/C=C/c2nn(C(c3ccccc3)(c3ccccc3)c3ccccc3)c3cccnc23)c1. The van der Waals surface area contributed by atoms with Crippen LogP contribution in [0.4, 0.5) is 4.39 Å². The molecule has 2 aromatic heterocycles. The van der Waals surface area contributed by atoms with Gasteiger partial charge < -0.3 is 0 Å². The zero-order valence-electron chi connectivity index (χ0n) is 20.1. The van der Waals surface area contributed by atoms with E-state index in [2.05, 4.69) is 83.5 Å². The Kier molecular flexibility index (Phi) is 5.91. The van der Waals surface area contributed by atoms with Gasteiger partial charge in [0.15, 0.2) is 0 Å². The zero-order chi connectivity index (χ0) is 25.1. The van der Waals surface area contributed by atoms with Gasteiger partial charge in [-0.1, -0.05) is 109 Å². The van der Waals surface area contributed by atoms with Crippen molar-refractivity contribution >= 4 is 23.2 Å². The topological polar surface area (TPSA) is 30.7 Å². The molecule has 0 saturated heterocycles. The standard InChI is InChI=1S/C33H24FN3/c34-29-19-10-12-25(24-29)21-22-30-32-31(20-11-23-35-32)37(36-30)33(26-13-4-1-5-14-26,27-15-6-2-7-16-27)28-17-8-3-9-18-28/h1-24H/b22-21+. The fourth-order valence-corrected chi connectivity index (χ4v) is 5.03. The molecule has 0 N–H and O–H groups in total. The van der Waals surface area contributed by atoms with Gasteiger partial charge in [0.2, 0.25) is 0 Å². The Morgan fingerprint density at radius 3 is 1.78 bits per heavy atom. The van der Waals surface area contributed by atoms with Gasteiger partial charge in [0, 0.05) is 6.20 Å². The van der Waals surface area contributed by atoms with Crippen molar-refractivity contribution in [2.45, 2.75) is 5.54 Å². The van der Waals surface area contributed by atoms with Crippen LogP contribution in [0.2, 0.25) is 0 Å². The number of aromatic nitrogens is 3. The number of rotatable bonds is 6. The van der Waals surface area contributed by atoms with E-state index >= 15 is 0 Å². The van der Waals surface area contributed by atoms with Crippen molar-refractivity contribution in [3.63, 3.8) is 0 Å². The maximum atomic E-state index is 13.8. The van der Waals surface area contributed by atoms with Crippen LogP contribution in [-0.4, -0.2) is 14.8 Å². The molecule has 0 unspecified atom stereocenters. The van der Waals surface area contributed by atoms with Crippen LogP contribution in [-0.2, 0) is 5.54 Å². The van der Waals surface area contributed by atoms with E-state index in [1.807, 2.05) is 42.5 Å². The van der Waals surface area contributed by atoms with Crippen LogP contribution in [0.25, 0.3) is 23.2 Å².